The molecule has 0 aromatic carbocycles. The highest BCUT2D eigenvalue weighted by atomic mass is 35.7. The molecule has 0 N–H and O–H groups in total. The van der Waals surface area contributed by atoms with Crippen molar-refractivity contribution < 1.29 is 8.42 Å². The van der Waals surface area contributed by atoms with Gasteiger partial charge < -0.3 is 0 Å². The van der Waals surface area contributed by atoms with E-state index in [0.29, 0.717) is 12.1 Å². The van der Waals surface area contributed by atoms with Crippen LogP contribution in [0.15, 0.2) is 6.20 Å². The van der Waals surface area contributed by atoms with Crippen molar-refractivity contribution in [3.05, 3.63) is 11.9 Å². The summed E-state index contributed by atoms with van der Waals surface area (Å²) in [5.74, 6) is -0.104. The maximum absolute atomic E-state index is 10.5. The molecule has 0 saturated carbocycles. The average Bonchev–Trinajstić information content (AvgIpc) is 2.30. The van der Waals surface area contributed by atoms with Gasteiger partial charge in [-0.25, -0.2) is 8.42 Å². The van der Waals surface area contributed by atoms with Gasteiger partial charge in [-0.1, -0.05) is 5.21 Å². The number of rotatable bonds is 3. The van der Waals surface area contributed by atoms with Crippen molar-refractivity contribution in [3.63, 3.8) is 0 Å². The Morgan fingerprint density at radius 1 is 1.67 bits per heavy atom. The van der Waals surface area contributed by atoms with Crippen molar-refractivity contribution in [3.8, 4) is 0 Å². The maximum atomic E-state index is 10.5. The lowest BCUT2D eigenvalue weighted by Gasteiger charge is -1.90. The Morgan fingerprint density at radius 3 is 2.75 bits per heavy atom. The van der Waals surface area contributed by atoms with Crippen LogP contribution in [0.2, 0.25) is 0 Å². The van der Waals surface area contributed by atoms with Crippen LogP contribution in [0.3, 0.4) is 0 Å². The lowest BCUT2D eigenvalue weighted by atomic mass is 10.4. The predicted molar refractivity (Wildman–Crippen MR) is 44.3 cm³/mol. The first-order valence-corrected chi connectivity index (χ1v) is 5.73. The molecule has 0 amide bonds. The topological polar surface area (TPSA) is 64.8 Å². The summed E-state index contributed by atoms with van der Waals surface area (Å²) in [5.41, 5.74) is 0.627. The second-order valence-corrected chi connectivity index (χ2v) is 5.27. The molecule has 0 aliphatic rings. The Bertz CT molecular complexity index is 359. The van der Waals surface area contributed by atoms with Crippen LogP contribution in [-0.4, -0.2) is 29.2 Å². The predicted octanol–water partition coefficient (Wildman–Crippen LogP) is -0.0738. The molecule has 1 heterocycles. The van der Waals surface area contributed by atoms with Crippen molar-refractivity contribution in [2.24, 2.45) is 7.05 Å². The second-order valence-electron chi connectivity index (χ2n) is 2.38. The first kappa shape index (κ1) is 9.47. The van der Waals surface area contributed by atoms with Gasteiger partial charge in [0.1, 0.15) is 0 Å². The average molecular weight is 210 g/mol. The van der Waals surface area contributed by atoms with Crippen LogP contribution in [0.1, 0.15) is 5.69 Å². The van der Waals surface area contributed by atoms with E-state index in [4.69, 9.17) is 10.7 Å². The zero-order chi connectivity index (χ0) is 9.19. The van der Waals surface area contributed by atoms with E-state index in [9.17, 15) is 8.42 Å². The van der Waals surface area contributed by atoms with E-state index < -0.39 is 9.05 Å². The van der Waals surface area contributed by atoms with Gasteiger partial charge in [-0.05, 0) is 0 Å². The Hall–Kier alpha value is -0.620. The lowest BCUT2D eigenvalue weighted by molar-refractivity contribution is 0.608. The summed E-state index contributed by atoms with van der Waals surface area (Å²) in [7, 11) is 3.30. The van der Waals surface area contributed by atoms with Gasteiger partial charge in [0.15, 0.2) is 0 Å². The molecule has 68 valence electrons. The Kier molecular flexibility index (Phi) is 2.69. The molecular weight excluding hydrogens is 202 g/mol. The zero-order valence-corrected chi connectivity index (χ0v) is 8.01. The SMILES string of the molecule is Cn1cc(CCS(=O)(=O)Cl)nn1. The summed E-state index contributed by atoms with van der Waals surface area (Å²) in [5, 5.41) is 7.35. The highest BCUT2D eigenvalue weighted by Gasteiger charge is 2.07. The smallest absolute Gasteiger partial charge is 0.232 e. The molecule has 0 unspecified atom stereocenters. The standard InChI is InChI=1S/C5H8ClN3O2S/c1-9-4-5(7-8-9)2-3-12(6,10)11/h4H,2-3H2,1H3. The number of hydrogen-bond acceptors (Lipinski definition) is 4. The highest BCUT2D eigenvalue weighted by Crippen LogP contribution is 2.01. The fraction of sp³-hybridized carbons (Fsp3) is 0.600. The van der Waals surface area contributed by atoms with Gasteiger partial charge >= 0.3 is 0 Å². The third-order valence-corrected chi connectivity index (χ3v) is 2.41. The first-order valence-electron chi connectivity index (χ1n) is 3.25. The maximum Gasteiger partial charge on any atom is 0.232 e. The van der Waals surface area contributed by atoms with Gasteiger partial charge in [-0.15, -0.1) is 5.10 Å². The minimum atomic E-state index is -3.42. The van der Waals surface area contributed by atoms with E-state index in [1.54, 1.807) is 13.2 Å². The molecule has 1 aromatic heterocycles. The van der Waals surface area contributed by atoms with Crippen LogP contribution in [0, 0.1) is 0 Å². The molecule has 1 aromatic rings. The van der Waals surface area contributed by atoms with E-state index in [-0.39, 0.29) is 5.75 Å². The van der Waals surface area contributed by atoms with E-state index in [1.807, 2.05) is 0 Å². The van der Waals surface area contributed by atoms with E-state index >= 15 is 0 Å². The molecule has 7 heteroatoms. The summed E-state index contributed by atoms with van der Waals surface area (Å²) in [6.07, 6.45) is 1.96. The number of nitrogens with zero attached hydrogens (tertiary/aromatic N) is 3. The fourth-order valence-corrected chi connectivity index (χ4v) is 1.42. The van der Waals surface area contributed by atoms with Crippen LogP contribution >= 0.6 is 10.7 Å². The molecule has 5 nitrogen and oxygen atoms in total. The lowest BCUT2D eigenvalue weighted by Crippen LogP contribution is -2.01. The Balaban J connectivity index is 2.55. The van der Waals surface area contributed by atoms with Crippen LogP contribution in [0.25, 0.3) is 0 Å². The number of hydrogen-bond donors (Lipinski definition) is 0. The summed E-state index contributed by atoms with van der Waals surface area (Å²) in [6, 6.07) is 0. The molecule has 0 aliphatic heterocycles. The minimum Gasteiger partial charge on any atom is -0.255 e. The summed E-state index contributed by atoms with van der Waals surface area (Å²) >= 11 is 0. The first-order chi connectivity index (χ1) is 5.47. The quantitative estimate of drug-likeness (QED) is 0.654. The summed E-state index contributed by atoms with van der Waals surface area (Å²) < 4.78 is 22.6. The van der Waals surface area contributed by atoms with Gasteiger partial charge in [0, 0.05) is 30.3 Å². The van der Waals surface area contributed by atoms with Crippen LogP contribution in [0.4, 0.5) is 0 Å². The third-order valence-electron chi connectivity index (χ3n) is 1.25. The Labute approximate surface area is 74.8 Å². The number of aryl methyl sites for hydroxylation is 2. The van der Waals surface area contributed by atoms with Crippen molar-refractivity contribution in [2.45, 2.75) is 6.42 Å². The molecule has 12 heavy (non-hydrogen) atoms. The van der Waals surface area contributed by atoms with Crippen molar-refractivity contribution >= 4 is 19.7 Å². The molecular formula is C5H8ClN3O2S. The van der Waals surface area contributed by atoms with Crippen LogP contribution in [0.5, 0.6) is 0 Å². The molecule has 0 atom stereocenters. The summed E-state index contributed by atoms with van der Waals surface area (Å²) in [6.45, 7) is 0. The Morgan fingerprint density at radius 2 is 2.33 bits per heavy atom. The van der Waals surface area contributed by atoms with Crippen molar-refractivity contribution in [1.29, 1.82) is 0 Å². The number of aromatic nitrogens is 3. The van der Waals surface area contributed by atoms with E-state index in [0.717, 1.165) is 0 Å². The summed E-state index contributed by atoms with van der Waals surface area (Å²) in [4.78, 5) is 0. The van der Waals surface area contributed by atoms with Crippen LogP contribution in [-0.2, 0) is 22.5 Å². The molecule has 0 aliphatic carbocycles. The second kappa shape index (κ2) is 3.40. The largest absolute Gasteiger partial charge is 0.255 e. The van der Waals surface area contributed by atoms with Gasteiger partial charge in [0.05, 0.1) is 11.4 Å². The van der Waals surface area contributed by atoms with E-state index in [2.05, 4.69) is 10.3 Å². The van der Waals surface area contributed by atoms with Crippen LogP contribution < -0.4 is 0 Å². The number of halogens is 1. The minimum absolute atomic E-state index is 0.104. The molecule has 0 saturated heterocycles. The van der Waals surface area contributed by atoms with Gasteiger partial charge in [0.25, 0.3) is 0 Å². The highest BCUT2D eigenvalue weighted by molar-refractivity contribution is 8.13. The van der Waals surface area contributed by atoms with E-state index in [1.165, 1.54) is 4.68 Å². The van der Waals surface area contributed by atoms with Crippen molar-refractivity contribution in [2.75, 3.05) is 5.75 Å². The molecule has 1 rings (SSSR count). The molecule has 0 spiro atoms. The fourth-order valence-electron chi connectivity index (χ4n) is 0.736. The monoisotopic (exact) mass is 209 g/mol. The third kappa shape index (κ3) is 3.19. The molecule has 0 radical (unpaired) electrons. The molecule has 0 bridgehead atoms. The van der Waals surface area contributed by atoms with Gasteiger partial charge in [-0.3, -0.25) is 4.68 Å². The zero-order valence-electron chi connectivity index (χ0n) is 6.44. The van der Waals surface area contributed by atoms with Crippen molar-refractivity contribution in [1.82, 2.24) is 15.0 Å². The normalized spacial score (nSPS) is 11.8. The van der Waals surface area contributed by atoms with Gasteiger partial charge in [0.2, 0.25) is 9.05 Å². The molecule has 0 fully saturated rings. The van der Waals surface area contributed by atoms with Gasteiger partial charge in [-0.2, -0.15) is 0 Å².